The van der Waals surface area contributed by atoms with Crippen LogP contribution in [-0.2, 0) is 22.3 Å². The Balaban J connectivity index is 1.46. The summed E-state index contributed by atoms with van der Waals surface area (Å²) in [7, 11) is -3.40. The van der Waals surface area contributed by atoms with Gasteiger partial charge in [0.1, 0.15) is 5.56 Å². The minimum absolute atomic E-state index is 0.0638. The number of carbonyl (C=O) groups excluding carboxylic acids is 1. The molecule has 0 aliphatic carbocycles. The zero-order chi connectivity index (χ0) is 21.1. The van der Waals surface area contributed by atoms with E-state index >= 15 is 0 Å². The molecule has 1 fully saturated rings. The molecule has 30 heavy (non-hydrogen) atoms. The summed E-state index contributed by atoms with van der Waals surface area (Å²) in [5.74, 6) is 0.200. The normalized spacial score (nSPS) is 16.0. The van der Waals surface area contributed by atoms with Crippen LogP contribution in [0.3, 0.4) is 0 Å². The van der Waals surface area contributed by atoms with Crippen LogP contribution in [0, 0.1) is 5.92 Å². The largest absolute Gasteiger partial charge is 0.348 e. The second kappa shape index (κ2) is 8.53. The molecule has 1 aromatic carbocycles. The predicted octanol–water partition coefficient (Wildman–Crippen LogP) is 2.22. The number of rotatable bonds is 6. The monoisotopic (exact) mass is 427 g/mol. The number of hydrogen-bond donors (Lipinski definition) is 1. The lowest BCUT2D eigenvalue weighted by Crippen LogP contribution is -2.38. The van der Waals surface area contributed by atoms with Crippen molar-refractivity contribution in [2.45, 2.75) is 32.1 Å². The van der Waals surface area contributed by atoms with Crippen LogP contribution in [0.2, 0.25) is 0 Å². The standard InChI is InChI=1S/C21H25N5O3S/c1-16-7-11-25(12-8-16)30(28,29)15-18-6-3-2-5-17(18)13-23-21(27)19-14-24-26-10-4-9-22-20(19)26/h2-6,9-10,14,16H,7-8,11-13,15H2,1H3,(H,23,27). The number of amides is 1. The first-order chi connectivity index (χ1) is 14.4. The highest BCUT2D eigenvalue weighted by atomic mass is 32.2. The summed E-state index contributed by atoms with van der Waals surface area (Å²) in [6.45, 7) is 3.53. The van der Waals surface area contributed by atoms with Crippen molar-refractivity contribution in [3.05, 3.63) is 65.6 Å². The van der Waals surface area contributed by atoms with Gasteiger partial charge in [-0.05, 0) is 36.0 Å². The van der Waals surface area contributed by atoms with Gasteiger partial charge < -0.3 is 5.32 Å². The van der Waals surface area contributed by atoms with E-state index in [-0.39, 0.29) is 18.2 Å². The van der Waals surface area contributed by atoms with Crippen molar-refractivity contribution in [2.24, 2.45) is 5.92 Å². The highest BCUT2D eigenvalue weighted by Gasteiger charge is 2.27. The molecular weight excluding hydrogens is 402 g/mol. The number of hydrogen-bond acceptors (Lipinski definition) is 5. The van der Waals surface area contributed by atoms with E-state index in [9.17, 15) is 13.2 Å². The van der Waals surface area contributed by atoms with Crippen LogP contribution in [0.1, 0.15) is 41.3 Å². The Labute approximate surface area is 176 Å². The molecule has 3 aromatic rings. The van der Waals surface area contributed by atoms with E-state index in [1.54, 1.807) is 22.8 Å². The fraction of sp³-hybridized carbons (Fsp3) is 0.381. The summed E-state index contributed by atoms with van der Waals surface area (Å²) in [6.07, 6.45) is 6.59. The molecule has 0 radical (unpaired) electrons. The molecule has 1 N–H and O–H groups in total. The van der Waals surface area contributed by atoms with E-state index in [4.69, 9.17) is 0 Å². The Morgan fingerprint density at radius 1 is 1.17 bits per heavy atom. The first kappa shape index (κ1) is 20.5. The number of benzene rings is 1. The Hall–Kier alpha value is -2.78. The van der Waals surface area contributed by atoms with Crippen LogP contribution in [0.5, 0.6) is 0 Å². The molecule has 1 aliphatic rings. The van der Waals surface area contributed by atoms with Gasteiger partial charge in [-0.2, -0.15) is 5.10 Å². The number of nitrogens with one attached hydrogen (secondary N) is 1. The Kier molecular flexibility index (Phi) is 5.83. The fourth-order valence-electron chi connectivity index (χ4n) is 3.68. The quantitative estimate of drug-likeness (QED) is 0.651. The molecule has 1 amide bonds. The van der Waals surface area contributed by atoms with Gasteiger partial charge in [0.25, 0.3) is 5.91 Å². The van der Waals surface area contributed by atoms with E-state index < -0.39 is 10.0 Å². The van der Waals surface area contributed by atoms with E-state index in [2.05, 4.69) is 22.3 Å². The molecule has 1 aliphatic heterocycles. The first-order valence-electron chi connectivity index (χ1n) is 10.1. The third-order valence-electron chi connectivity index (χ3n) is 5.56. The van der Waals surface area contributed by atoms with Crippen molar-refractivity contribution in [3.8, 4) is 0 Å². The molecule has 0 bridgehead atoms. The van der Waals surface area contributed by atoms with Crippen molar-refractivity contribution < 1.29 is 13.2 Å². The summed E-state index contributed by atoms with van der Waals surface area (Å²) in [5, 5.41) is 6.99. The van der Waals surface area contributed by atoms with Gasteiger partial charge in [0.05, 0.1) is 11.9 Å². The highest BCUT2D eigenvalue weighted by molar-refractivity contribution is 7.88. The molecule has 9 heteroatoms. The molecule has 2 aromatic heterocycles. The Morgan fingerprint density at radius 3 is 2.67 bits per heavy atom. The van der Waals surface area contributed by atoms with E-state index in [1.807, 2.05) is 24.3 Å². The van der Waals surface area contributed by atoms with Crippen LogP contribution in [0.15, 0.2) is 48.9 Å². The highest BCUT2D eigenvalue weighted by Crippen LogP contribution is 2.22. The van der Waals surface area contributed by atoms with Gasteiger partial charge in [-0.3, -0.25) is 4.79 Å². The van der Waals surface area contributed by atoms with Crippen LogP contribution < -0.4 is 5.32 Å². The lowest BCUT2D eigenvalue weighted by molar-refractivity contribution is 0.0952. The van der Waals surface area contributed by atoms with E-state index in [0.717, 1.165) is 18.4 Å². The Bertz CT molecular complexity index is 1150. The second-order valence-corrected chi connectivity index (χ2v) is 9.70. The first-order valence-corrected chi connectivity index (χ1v) is 11.7. The molecular formula is C21H25N5O3S. The summed E-state index contributed by atoms with van der Waals surface area (Å²) in [4.78, 5) is 16.8. The third kappa shape index (κ3) is 4.36. The summed E-state index contributed by atoms with van der Waals surface area (Å²) in [5.41, 5.74) is 2.34. The average molecular weight is 428 g/mol. The zero-order valence-electron chi connectivity index (χ0n) is 16.9. The second-order valence-electron chi connectivity index (χ2n) is 7.74. The molecule has 3 heterocycles. The van der Waals surface area contributed by atoms with Gasteiger partial charge in [0.15, 0.2) is 5.65 Å². The average Bonchev–Trinajstić information content (AvgIpc) is 3.17. The molecule has 1 saturated heterocycles. The fourth-order valence-corrected chi connectivity index (χ4v) is 5.30. The van der Waals surface area contributed by atoms with Crippen LogP contribution in [0.25, 0.3) is 5.65 Å². The molecule has 0 unspecified atom stereocenters. The van der Waals surface area contributed by atoms with Crippen molar-refractivity contribution in [1.29, 1.82) is 0 Å². The number of nitrogens with zero attached hydrogens (tertiary/aromatic N) is 4. The molecule has 0 atom stereocenters. The number of fused-ring (bicyclic) bond motifs is 1. The van der Waals surface area contributed by atoms with E-state index in [0.29, 0.717) is 35.8 Å². The minimum Gasteiger partial charge on any atom is -0.348 e. The molecule has 4 rings (SSSR count). The maximum Gasteiger partial charge on any atom is 0.257 e. The summed E-state index contributed by atoms with van der Waals surface area (Å²) >= 11 is 0. The Morgan fingerprint density at radius 2 is 1.90 bits per heavy atom. The molecule has 0 saturated carbocycles. The zero-order valence-corrected chi connectivity index (χ0v) is 17.7. The lowest BCUT2D eigenvalue weighted by atomic mass is 10.0. The predicted molar refractivity (Wildman–Crippen MR) is 113 cm³/mol. The van der Waals surface area contributed by atoms with Gasteiger partial charge in [0, 0.05) is 32.0 Å². The van der Waals surface area contributed by atoms with Crippen molar-refractivity contribution >= 4 is 21.6 Å². The van der Waals surface area contributed by atoms with E-state index in [1.165, 1.54) is 10.7 Å². The molecule has 158 valence electrons. The van der Waals surface area contributed by atoms with Gasteiger partial charge in [-0.25, -0.2) is 22.2 Å². The lowest BCUT2D eigenvalue weighted by Gasteiger charge is -2.29. The van der Waals surface area contributed by atoms with Crippen LogP contribution in [-0.4, -0.2) is 46.3 Å². The van der Waals surface area contributed by atoms with Gasteiger partial charge in [0.2, 0.25) is 10.0 Å². The van der Waals surface area contributed by atoms with Crippen molar-refractivity contribution in [3.63, 3.8) is 0 Å². The SMILES string of the molecule is CC1CCN(S(=O)(=O)Cc2ccccc2CNC(=O)c2cnn3cccnc23)CC1. The third-order valence-corrected chi connectivity index (χ3v) is 7.38. The topological polar surface area (TPSA) is 96.7 Å². The molecule has 8 nitrogen and oxygen atoms in total. The number of sulfonamides is 1. The smallest absolute Gasteiger partial charge is 0.257 e. The maximum atomic E-state index is 12.9. The molecule has 0 spiro atoms. The maximum absolute atomic E-state index is 12.9. The van der Waals surface area contributed by atoms with Gasteiger partial charge >= 0.3 is 0 Å². The number of carbonyl (C=O) groups is 1. The van der Waals surface area contributed by atoms with Crippen molar-refractivity contribution in [2.75, 3.05) is 13.1 Å². The number of aromatic nitrogens is 3. The van der Waals surface area contributed by atoms with Crippen LogP contribution >= 0.6 is 0 Å². The van der Waals surface area contributed by atoms with Gasteiger partial charge in [-0.1, -0.05) is 31.2 Å². The summed E-state index contributed by atoms with van der Waals surface area (Å²) in [6, 6.07) is 9.06. The van der Waals surface area contributed by atoms with Crippen molar-refractivity contribution in [1.82, 2.24) is 24.2 Å². The van der Waals surface area contributed by atoms with Crippen LogP contribution in [0.4, 0.5) is 0 Å². The minimum atomic E-state index is -3.40. The summed E-state index contributed by atoms with van der Waals surface area (Å²) < 4.78 is 28.9. The van der Waals surface area contributed by atoms with Gasteiger partial charge in [-0.15, -0.1) is 0 Å². The number of piperidine rings is 1.